The van der Waals surface area contributed by atoms with Gasteiger partial charge in [0.2, 0.25) is 0 Å². The predicted octanol–water partition coefficient (Wildman–Crippen LogP) is 7.78. The third kappa shape index (κ3) is 8.95. The Balaban J connectivity index is 0.000000606. The van der Waals surface area contributed by atoms with Gasteiger partial charge >= 0.3 is 18.2 Å². The van der Waals surface area contributed by atoms with E-state index in [1.807, 2.05) is 42.2 Å². The molecule has 6 rings (SSSR count). The molecule has 1 aliphatic carbocycles. The third-order valence-electron chi connectivity index (χ3n) is 10.7. The fourth-order valence-corrected chi connectivity index (χ4v) is 9.00. The number of amides is 2. The SMILES string of the molecule is CCCCC1N(CC2CCCCC2)C(=O)OC12CCN(C1CCN(C(=O)c3sc(-c4ccccc4)nc3C)CC1)CC2.O=C(O)C(F)(F)F. The average molecular weight is 707 g/mol. The summed E-state index contributed by atoms with van der Waals surface area (Å²) in [5.74, 6) is -2.00. The van der Waals surface area contributed by atoms with Crippen LogP contribution in [0.15, 0.2) is 30.3 Å². The molecule has 3 aliphatic heterocycles. The van der Waals surface area contributed by atoms with Crippen LogP contribution < -0.4 is 0 Å². The van der Waals surface area contributed by atoms with E-state index in [2.05, 4.69) is 16.7 Å². The molecule has 4 fully saturated rings. The topological polar surface area (TPSA) is 103 Å². The van der Waals surface area contributed by atoms with Gasteiger partial charge in [-0.15, -0.1) is 11.3 Å². The highest BCUT2D eigenvalue weighted by Gasteiger charge is 2.55. The Morgan fingerprint density at radius 2 is 1.65 bits per heavy atom. The number of alkyl halides is 3. The summed E-state index contributed by atoms with van der Waals surface area (Å²) in [5, 5.41) is 8.04. The van der Waals surface area contributed by atoms with E-state index in [0.717, 1.165) is 98.8 Å². The number of carbonyl (C=O) groups excluding carboxylic acids is 2. The number of piperidine rings is 2. The number of unbranched alkanes of at least 4 members (excludes halogenated alkanes) is 1. The monoisotopic (exact) mass is 706 g/mol. The zero-order chi connectivity index (χ0) is 35.2. The lowest BCUT2D eigenvalue weighted by Crippen LogP contribution is -2.56. The van der Waals surface area contributed by atoms with E-state index < -0.39 is 12.1 Å². The van der Waals surface area contributed by atoms with E-state index >= 15 is 0 Å². The Morgan fingerprint density at radius 1 is 1.02 bits per heavy atom. The van der Waals surface area contributed by atoms with E-state index in [4.69, 9.17) is 19.6 Å². The van der Waals surface area contributed by atoms with Crippen molar-refractivity contribution in [1.82, 2.24) is 19.7 Å². The first kappa shape index (κ1) is 37.1. The Labute approximate surface area is 290 Å². The second-order valence-electron chi connectivity index (χ2n) is 13.9. The highest BCUT2D eigenvalue weighted by Crippen LogP contribution is 2.43. The van der Waals surface area contributed by atoms with Crippen LogP contribution in [0.2, 0.25) is 0 Å². The summed E-state index contributed by atoms with van der Waals surface area (Å²) in [6.45, 7) is 8.59. The minimum Gasteiger partial charge on any atom is -0.475 e. The number of rotatable bonds is 8. The molecule has 1 saturated carbocycles. The van der Waals surface area contributed by atoms with Crippen molar-refractivity contribution in [1.29, 1.82) is 0 Å². The standard InChI is InChI=1S/C34H48N4O3S.C2HF3O2/c1-3-4-15-29-34(41-33(40)38(29)24-26-11-7-5-8-12-26)18-22-36(23-19-34)28-16-20-37(21-17-28)32(39)30-25(2)35-31(42-30)27-13-9-6-10-14-27;3-2(4,5)1(6)7/h6,9-10,13-14,26,28-29H,3-5,7-8,11-12,15-24H2,1-2H3;(H,6,7). The van der Waals surface area contributed by atoms with Gasteiger partial charge in [-0.1, -0.05) is 69.4 Å². The van der Waals surface area contributed by atoms with Gasteiger partial charge in [-0.25, -0.2) is 14.6 Å². The number of hydrogen-bond acceptors (Lipinski definition) is 7. The maximum atomic E-state index is 13.5. The van der Waals surface area contributed by atoms with Gasteiger partial charge in [0.05, 0.1) is 11.7 Å². The molecule has 3 saturated heterocycles. The largest absolute Gasteiger partial charge is 0.490 e. The first-order valence-corrected chi connectivity index (χ1v) is 18.6. The molecule has 13 heteroatoms. The van der Waals surface area contributed by atoms with Gasteiger partial charge in [-0.05, 0) is 44.9 Å². The first-order chi connectivity index (χ1) is 23.4. The molecular weight excluding hydrogens is 657 g/mol. The van der Waals surface area contributed by atoms with Crippen LogP contribution in [-0.2, 0) is 9.53 Å². The molecule has 1 N–H and O–H groups in total. The summed E-state index contributed by atoms with van der Waals surface area (Å²) in [4.78, 5) is 47.9. The Hall–Kier alpha value is -3.19. The number of hydrogen-bond donors (Lipinski definition) is 1. The second-order valence-corrected chi connectivity index (χ2v) is 14.9. The molecule has 0 radical (unpaired) electrons. The number of carbonyl (C=O) groups is 3. The normalized spacial score (nSPS) is 22.1. The van der Waals surface area contributed by atoms with E-state index in [-0.39, 0.29) is 23.6 Å². The van der Waals surface area contributed by atoms with Crippen molar-refractivity contribution in [2.45, 2.75) is 115 Å². The van der Waals surface area contributed by atoms with E-state index in [9.17, 15) is 22.8 Å². The number of aromatic nitrogens is 1. The Bertz CT molecular complexity index is 1420. The van der Waals surface area contributed by atoms with Gasteiger partial charge in [-0.3, -0.25) is 9.69 Å². The fourth-order valence-electron chi connectivity index (χ4n) is 7.96. The van der Waals surface area contributed by atoms with Gasteiger partial charge in [0.1, 0.15) is 15.5 Å². The van der Waals surface area contributed by atoms with Crippen molar-refractivity contribution in [3.05, 3.63) is 40.9 Å². The quantitative estimate of drug-likeness (QED) is 0.299. The molecule has 1 aromatic heterocycles. The first-order valence-electron chi connectivity index (χ1n) is 17.8. The zero-order valence-electron chi connectivity index (χ0n) is 28.6. The summed E-state index contributed by atoms with van der Waals surface area (Å²) in [5.41, 5.74) is 1.57. The van der Waals surface area contributed by atoms with Crippen LogP contribution in [0.1, 0.15) is 99.3 Å². The minimum absolute atomic E-state index is 0.0595. The van der Waals surface area contributed by atoms with E-state index in [1.54, 1.807) is 0 Å². The summed E-state index contributed by atoms with van der Waals surface area (Å²) >= 11 is 1.51. The number of nitrogens with zero attached hydrogens (tertiary/aromatic N) is 4. The van der Waals surface area contributed by atoms with Gasteiger partial charge in [0.15, 0.2) is 0 Å². The molecule has 2 aromatic rings. The van der Waals surface area contributed by atoms with Gasteiger partial charge in [-0.2, -0.15) is 13.2 Å². The van der Waals surface area contributed by atoms with Crippen LogP contribution in [0.25, 0.3) is 10.6 Å². The molecule has 1 spiro atoms. The molecular formula is C36H49F3N4O5S. The summed E-state index contributed by atoms with van der Waals surface area (Å²) in [7, 11) is 0. The van der Waals surface area contributed by atoms with Crippen LogP contribution in [-0.4, -0.2) is 99.3 Å². The lowest BCUT2D eigenvalue weighted by Gasteiger charge is -2.46. The Morgan fingerprint density at radius 3 is 2.24 bits per heavy atom. The maximum Gasteiger partial charge on any atom is 0.490 e. The minimum atomic E-state index is -5.08. The average Bonchev–Trinajstić information content (AvgIpc) is 3.60. The lowest BCUT2D eigenvalue weighted by atomic mass is 9.80. The second kappa shape index (κ2) is 16.2. The Kier molecular flexibility index (Phi) is 12.3. The number of aliphatic carboxylic acids is 1. The number of benzene rings is 1. The third-order valence-corrected chi connectivity index (χ3v) is 11.9. The molecule has 4 heterocycles. The van der Waals surface area contributed by atoms with E-state index in [0.29, 0.717) is 12.0 Å². The number of carboxylic acids is 1. The number of likely N-dealkylation sites (tertiary alicyclic amines) is 2. The van der Waals surface area contributed by atoms with E-state index in [1.165, 1.54) is 43.4 Å². The van der Waals surface area contributed by atoms with Crippen LogP contribution >= 0.6 is 11.3 Å². The van der Waals surface area contributed by atoms with Crippen LogP contribution in [0, 0.1) is 12.8 Å². The fraction of sp³-hybridized carbons (Fsp3) is 0.667. The number of ether oxygens (including phenoxy) is 1. The summed E-state index contributed by atoms with van der Waals surface area (Å²) < 4.78 is 38.1. The highest BCUT2D eigenvalue weighted by atomic mass is 32.1. The van der Waals surface area contributed by atoms with Crippen molar-refractivity contribution in [2.24, 2.45) is 5.92 Å². The number of halogens is 3. The van der Waals surface area contributed by atoms with Crippen molar-refractivity contribution in [3.8, 4) is 10.6 Å². The van der Waals surface area contributed by atoms with Crippen LogP contribution in [0.3, 0.4) is 0 Å². The molecule has 1 aromatic carbocycles. The molecule has 2 amide bonds. The van der Waals surface area contributed by atoms with Crippen molar-refractivity contribution in [3.63, 3.8) is 0 Å². The van der Waals surface area contributed by atoms with Gasteiger partial charge in [0.25, 0.3) is 5.91 Å². The van der Waals surface area contributed by atoms with Crippen LogP contribution in [0.5, 0.6) is 0 Å². The molecule has 4 aliphatic rings. The highest BCUT2D eigenvalue weighted by molar-refractivity contribution is 7.17. The van der Waals surface area contributed by atoms with Gasteiger partial charge in [0, 0.05) is 57.2 Å². The molecule has 0 bridgehead atoms. The van der Waals surface area contributed by atoms with Gasteiger partial charge < -0.3 is 19.6 Å². The number of thiazole rings is 1. The van der Waals surface area contributed by atoms with Crippen molar-refractivity contribution in [2.75, 3.05) is 32.7 Å². The molecule has 1 unspecified atom stereocenters. The smallest absolute Gasteiger partial charge is 0.475 e. The maximum absolute atomic E-state index is 13.5. The summed E-state index contributed by atoms with van der Waals surface area (Å²) in [6, 6.07) is 10.8. The molecule has 270 valence electrons. The zero-order valence-corrected chi connectivity index (χ0v) is 29.4. The molecule has 49 heavy (non-hydrogen) atoms. The molecule has 9 nitrogen and oxygen atoms in total. The predicted molar refractivity (Wildman–Crippen MR) is 182 cm³/mol. The molecule has 1 atom stereocenters. The van der Waals surface area contributed by atoms with Crippen LogP contribution in [0.4, 0.5) is 18.0 Å². The van der Waals surface area contributed by atoms with Crippen molar-refractivity contribution >= 4 is 29.3 Å². The number of aryl methyl sites for hydroxylation is 1. The number of carboxylic acid groups (broad SMARTS) is 1. The summed E-state index contributed by atoms with van der Waals surface area (Å²) in [6.07, 6.45) is 8.50. The lowest BCUT2D eigenvalue weighted by molar-refractivity contribution is -0.192. The van der Waals surface area contributed by atoms with Crippen molar-refractivity contribution < 1.29 is 37.4 Å².